The van der Waals surface area contributed by atoms with Gasteiger partial charge in [-0.15, -0.1) is 16.4 Å². The van der Waals surface area contributed by atoms with Gasteiger partial charge in [-0.25, -0.2) is 0 Å². The lowest BCUT2D eigenvalue weighted by Crippen LogP contribution is -2.24. The van der Waals surface area contributed by atoms with Crippen molar-refractivity contribution in [1.29, 1.82) is 0 Å². The van der Waals surface area contributed by atoms with E-state index < -0.39 is 5.97 Å². The van der Waals surface area contributed by atoms with Gasteiger partial charge in [0.25, 0.3) is 5.91 Å². The molecule has 2 N–H and O–H groups in total. The molecule has 2 aromatic rings. The average molecular weight is 295 g/mol. The highest BCUT2D eigenvalue weighted by Gasteiger charge is 2.14. The van der Waals surface area contributed by atoms with Crippen LogP contribution in [0.5, 0.6) is 0 Å². The number of carbonyl (C=O) groups is 2. The number of nitrogens with one attached hydrogen (secondary N) is 1. The molecule has 0 unspecified atom stereocenters. The van der Waals surface area contributed by atoms with Crippen LogP contribution in [-0.4, -0.2) is 43.7 Å². The zero-order valence-corrected chi connectivity index (χ0v) is 11.3. The van der Waals surface area contributed by atoms with Gasteiger partial charge < -0.3 is 10.4 Å². The number of rotatable bonds is 7. The van der Waals surface area contributed by atoms with Gasteiger partial charge in [-0.3, -0.25) is 9.59 Å². The molecule has 0 saturated heterocycles. The number of tetrazole rings is 1. The van der Waals surface area contributed by atoms with Crippen molar-refractivity contribution in [2.24, 2.45) is 0 Å². The van der Waals surface area contributed by atoms with E-state index in [-0.39, 0.29) is 12.3 Å². The van der Waals surface area contributed by atoms with E-state index in [1.165, 1.54) is 22.3 Å². The van der Waals surface area contributed by atoms with Gasteiger partial charge in [0.15, 0.2) is 0 Å². The number of carbonyl (C=O) groups excluding carboxylic acids is 1. The molecule has 0 aliphatic carbocycles. The highest BCUT2D eigenvalue weighted by molar-refractivity contribution is 7.12. The van der Waals surface area contributed by atoms with Crippen molar-refractivity contribution < 1.29 is 14.7 Å². The highest BCUT2D eigenvalue weighted by atomic mass is 32.1. The quantitative estimate of drug-likeness (QED) is 0.728. The molecule has 9 heteroatoms. The standard InChI is InChI=1S/C11H13N5O3S/c17-9(18)3-1-2-5-12-11(19)10-8(4-6-20-10)16-7-13-14-15-16/h4,6-7H,1-3,5H2,(H,12,19)(H,17,18). The number of thiophene rings is 1. The SMILES string of the molecule is O=C(O)CCCCNC(=O)c1sccc1-n1cnnn1. The van der Waals surface area contributed by atoms with Crippen LogP contribution in [0.15, 0.2) is 17.8 Å². The lowest BCUT2D eigenvalue weighted by molar-refractivity contribution is -0.137. The second-order valence-electron chi connectivity index (χ2n) is 4.00. The van der Waals surface area contributed by atoms with E-state index in [0.717, 1.165) is 0 Å². The third-order valence-electron chi connectivity index (χ3n) is 2.55. The smallest absolute Gasteiger partial charge is 0.303 e. The fraction of sp³-hybridized carbons (Fsp3) is 0.364. The molecule has 0 spiro atoms. The number of hydrogen-bond acceptors (Lipinski definition) is 6. The molecule has 0 radical (unpaired) electrons. The first kappa shape index (κ1) is 14.1. The van der Waals surface area contributed by atoms with E-state index in [9.17, 15) is 9.59 Å². The molecule has 2 rings (SSSR count). The van der Waals surface area contributed by atoms with Crippen LogP contribution in [-0.2, 0) is 4.79 Å². The van der Waals surface area contributed by atoms with E-state index in [4.69, 9.17) is 5.11 Å². The van der Waals surface area contributed by atoms with Crippen LogP contribution in [0.4, 0.5) is 0 Å². The van der Waals surface area contributed by atoms with Crippen molar-refractivity contribution in [1.82, 2.24) is 25.5 Å². The van der Waals surface area contributed by atoms with Crippen molar-refractivity contribution in [2.75, 3.05) is 6.54 Å². The zero-order chi connectivity index (χ0) is 14.4. The van der Waals surface area contributed by atoms with Crippen molar-refractivity contribution in [2.45, 2.75) is 19.3 Å². The minimum absolute atomic E-state index is 0.116. The Balaban J connectivity index is 1.87. The van der Waals surface area contributed by atoms with Gasteiger partial charge in [0.05, 0.1) is 5.69 Å². The Labute approximate surface area is 118 Å². The topological polar surface area (TPSA) is 110 Å². The predicted octanol–water partition coefficient (Wildman–Crippen LogP) is 0.708. The van der Waals surface area contributed by atoms with E-state index in [0.29, 0.717) is 30.0 Å². The molecule has 8 nitrogen and oxygen atoms in total. The minimum atomic E-state index is -0.824. The maximum absolute atomic E-state index is 12.0. The molecule has 0 fully saturated rings. The zero-order valence-electron chi connectivity index (χ0n) is 10.5. The van der Waals surface area contributed by atoms with E-state index in [1.807, 2.05) is 0 Å². The van der Waals surface area contributed by atoms with Crippen LogP contribution in [0.25, 0.3) is 5.69 Å². The van der Waals surface area contributed by atoms with Crippen LogP contribution in [0.3, 0.4) is 0 Å². The molecular formula is C11H13N5O3S. The second kappa shape index (κ2) is 6.75. The molecule has 0 bridgehead atoms. The first-order valence-corrected chi connectivity index (χ1v) is 6.87. The van der Waals surface area contributed by atoms with Crippen molar-refractivity contribution in [3.05, 3.63) is 22.7 Å². The number of aromatic nitrogens is 4. The molecule has 0 atom stereocenters. The Hall–Kier alpha value is -2.29. The minimum Gasteiger partial charge on any atom is -0.481 e. The molecule has 0 aromatic carbocycles. The first-order valence-electron chi connectivity index (χ1n) is 5.99. The molecule has 2 aromatic heterocycles. The average Bonchev–Trinajstić information content (AvgIpc) is 3.08. The number of hydrogen-bond donors (Lipinski definition) is 2. The number of amides is 1. The second-order valence-corrected chi connectivity index (χ2v) is 4.91. The van der Waals surface area contributed by atoms with E-state index >= 15 is 0 Å². The van der Waals surface area contributed by atoms with Gasteiger partial charge in [-0.2, -0.15) is 4.68 Å². The predicted molar refractivity (Wildman–Crippen MR) is 70.9 cm³/mol. The summed E-state index contributed by atoms with van der Waals surface area (Å²) in [5, 5.41) is 23.9. The molecule has 0 aliphatic rings. The summed E-state index contributed by atoms with van der Waals surface area (Å²) >= 11 is 1.30. The van der Waals surface area contributed by atoms with Gasteiger partial charge in [-0.05, 0) is 34.7 Å². The van der Waals surface area contributed by atoms with Crippen molar-refractivity contribution in [3.8, 4) is 5.69 Å². The molecule has 0 saturated carbocycles. The molecule has 20 heavy (non-hydrogen) atoms. The summed E-state index contributed by atoms with van der Waals surface area (Å²) < 4.78 is 1.43. The van der Waals surface area contributed by atoms with Crippen LogP contribution in [0.2, 0.25) is 0 Å². The summed E-state index contributed by atoms with van der Waals surface area (Å²) in [6.45, 7) is 0.444. The lowest BCUT2D eigenvalue weighted by atomic mass is 10.2. The van der Waals surface area contributed by atoms with Crippen molar-refractivity contribution >= 4 is 23.2 Å². The molecule has 0 aliphatic heterocycles. The maximum atomic E-state index is 12.0. The Morgan fingerprint density at radius 3 is 2.95 bits per heavy atom. The monoisotopic (exact) mass is 295 g/mol. The van der Waals surface area contributed by atoms with Gasteiger partial charge in [0.1, 0.15) is 11.2 Å². The van der Waals surface area contributed by atoms with E-state index in [1.54, 1.807) is 11.4 Å². The summed E-state index contributed by atoms with van der Waals surface area (Å²) in [5.41, 5.74) is 0.628. The van der Waals surface area contributed by atoms with Gasteiger partial charge in [0.2, 0.25) is 0 Å². The van der Waals surface area contributed by atoms with Crippen LogP contribution in [0.1, 0.15) is 28.9 Å². The van der Waals surface area contributed by atoms with Gasteiger partial charge in [0, 0.05) is 13.0 Å². The molecule has 106 valence electrons. The Bertz CT molecular complexity index is 581. The van der Waals surface area contributed by atoms with E-state index in [2.05, 4.69) is 20.8 Å². The fourth-order valence-electron chi connectivity index (χ4n) is 1.61. The highest BCUT2D eigenvalue weighted by Crippen LogP contribution is 2.19. The normalized spacial score (nSPS) is 10.4. The summed E-state index contributed by atoms with van der Waals surface area (Å²) in [6, 6.07) is 1.76. The number of unbranched alkanes of at least 4 members (excludes halogenated alkanes) is 1. The maximum Gasteiger partial charge on any atom is 0.303 e. The Morgan fingerprint density at radius 2 is 2.25 bits per heavy atom. The molecule has 2 heterocycles. The summed E-state index contributed by atoms with van der Waals surface area (Å²) in [5.74, 6) is -1.03. The van der Waals surface area contributed by atoms with Crippen LogP contribution in [0, 0.1) is 0 Å². The van der Waals surface area contributed by atoms with Crippen molar-refractivity contribution in [3.63, 3.8) is 0 Å². The lowest BCUT2D eigenvalue weighted by Gasteiger charge is -2.05. The van der Waals surface area contributed by atoms with Gasteiger partial charge >= 0.3 is 5.97 Å². The van der Waals surface area contributed by atoms with Crippen LogP contribution >= 0.6 is 11.3 Å². The van der Waals surface area contributed by atoms with Crippen LogP contribution < -0.4 is 5.32 Å². The first-order chi connectivity index (χ1) is 9.68. The summed E-state index contributed by atoms with van der Waals surface area (Å²) in [7, 11) is 0. The summed E-state index contributed by atoms with van der Waals surface area (Å²) in [6.07, 6.45) is 2.71. The Morgan fingerprint density at radius 1 is 1.40 bits per heavy atom. The molecule has 1 amide bonds. The van der Waals surface area contributed by atoms with Gasteiger partial charge in [-0.1, -0.05) is 0 Å². The number of carboxylic acid groups (broad SMARTS) is 1. The largest absolute Gasteiger partial charge is 0.481 e. The number of nitrogens with zero attached hydrogens (tertiary/aromatic N) is 4. The third-order valence-corrected chi connectivity index (χ3v) is 3.45. The molecular weight excluding hydrogens is 282 g/mol. The Kier molecular flexibility index (Phi) is 4.77. The fourth-order valence-corrected chi connectivity index (χ4v) is 2.40. The third kappa shape index (κ3) is 3.60. The number of aliphatic carboxylic acids is 1. The number of carboxylic acids is 1. The summed E-state index contributed by atoms with van der Waals surface area (Å²) in [4.78, 5) is 22.9.